The number of benzene rings is 2. The molecular weight excluding hydrogens is 249 g/mol. The number of hydrogen-bond donors (Lipinski definition) is 0. The number of alkyl halides is 3. The summed E-state index contributed by atoms with van der Waals surface area (Å²) >= 11 is 0. The van der Waals surface area contributed by atoms with Gasteiger partial charge < -0.3 is 0 Å². The van der Waals surface area contributed by atoms with E-state index in [1.165, 1.54) is 0 Å². The van der Waals surface area contributed by atoms with E-state index >= 15 is 0 Å². The van der Waals surface area contributed by atoms with E-state index in [1.807, 2.05) is 48.4 Å². The van der Waals surface area contributed by atoms with Crippen molar-refractivity contribution >= 4 is 10.8 Å². The molecule has 0 N–H and O–H groups in total. The van der Waals surface area contributed by atoms with E-state index in [0.717, 1.165) is 16.3 Å². The fraction of sp³-hybridized carbons (Fsp3) is 0.125. The molecule has 0 heterocycles. The molecular formula is C16H9F3. The van der Waals surface area contributed by atoms with Gasteiger partial charge in [0.25, 0.3) is 0 Å². The highest BCUT2D eigenvalue weighted by atomic mass is 19.4. The molecule has 0 aliphatic carbocycles. The topological polar surface area (TPSA) is 0 Å². The Balaban J connectivity index is 2.23. The van der Waals surface area contributed by atoms with Gasteiger partial charge in [-0.3, -0.25) is 0 Å². The monoisotopic (exact) mass is 258 g/mol. The van der Waals surface area contributed by atoms with E-state index in [1.54, 1.807) is 0 Å². The lowest BCUT2D eigenvalue weighted by molar-refractivity contribution is -0.123. The van der Waals surface area contributed by atoms with E-state index in [9.17, 15) is 13.2 Å². The van der Waals surface area contributed by atoms with Crippen molar-refractivity contribution in [3.8, 4) is 23.7 Å². The first-order valence-electron chi connectivity index (χ1n) is 5.60. The molecule has 0 amide bonds. The van der Waals surface area contributed by atoms with E-state index in [2.05, 4.69) is 17.8 Å². The van der Waals surface area contributed by atoms with Crippen molar-refractivity contribution in [3.63, 3.8) is 0 Å². The highest BCUT2D eigenvalue weighted by Gasteiger charge is 2.25. The van der Waals surface area contributed by atoms with Gasteiger partial charge in [0.2, 0.25) is 0 Å². The van der Waals surface area contributed by atoms with Crippen LogP contribution in [0.2, 0.25) is 0 Å². The molecule has 0 fully saturated rings. The molecule has 2 rings (SSSR count). The van der Waals surface area contributed by atoms with Gasteiger partial charge in [0.1, 0.15) is 6.42 Å². The molecule has 94 valence electrons. The fourth-order valence-electron chi connectivity index (χ4n) is 1.62. The summed E-state index contributed by atoms with van der Waals surface area (Å²) in [4.78, 5) is 0. The molecule has 2 aromatic rings. The minimum absolute atomic E-state index is 0.763. The smallest absolute Gasteiger partial charge is 0.170 e. The first-order valence-corrected chi connectivity index (χ1v) is 5.60. The van der Waals surface area contributed by atoms with Crippen LogP contribution in [-0.4, -0.2) is 6.18 Å². The molecule has 0 unspecified atom stereocenters. The van der Waals surface area contributed by atoms with Crippen LogP contribution < -0.4 is 0 Å². The number of halogens is 3. The van der Waals surface area contributed by atoms with Gasteiger partial charge in [-0.25, -0.2) is 0 Å². The molecule has 0 aliphatic rings. The van der Waals surface area contributed by atoms with Crippen LogP contribution in [-0.2, 0) is 0 Å². The van der Waals surface area contributed by atoms with E-state index in [4.69, 9.17) is 0 Å². The van der Waals surface area contributed by atoms with Crippen molar-refractivity contribution in [1.29, 1.82) is 0 Å². The minimum atomic E-state index is -4.26. The Morgan fingerprint density at radius 2 is 1.63 bits per heavy atom. The Kier molecular flexibility index (Phi) is 3.78. The Hall–Kier alpha value is -2.39. The van der Waals surface area contributed by atoms with Crippen LogP contribution in [0.4, 0.5) is 13.2 Å². The first kappa shape index (κ1) is 13.1. The molecule has 0 bridgehead atoms. The number of fused-ring (bicyclic) bond motifs is 1. The van der Waals surface area contributed by atoms with Gasteiger partial charge in [-0.15, -0.1) is 0 Å². The van der Waals surface area contributed by atoms with Crippen molar-refractivity contribution in [2.45, 2.75) is 12.6 Å². The summed E-state index contributed by atoms with van der Waals surface area (Å²) < 4.78 is 35.6. The zero-order valence-corrected chi connectivity index (χ0v) is 9.88. The lowest BCUT2D eigenvalue weighted by Crippen LogP contribution is -2.04. The lowest BCUT2D eigenvalue weighted by atomic mass is 10.1. The van der Waals surface area contributed by atoms with Crippen LogP contribution in [0.5, 0.6) is 0 Å². The zero-order valence-electron chi connectivity index (χ0n) is 9.88. The molecule has 0 nitrogen and oxygen atoms in total. The van der Waals surface area contributed by atoms with Crippen molar-refractivity contribution in [1.82, 2.24) is 0 Å². The predicted molar refractivity (Wildman–Crippen MR) is 69.3 cm³/mol. The minimum Gasteiger partial charge on any atom is -0.170 e. The maximum Gasteiger partial charge on any atom is 0.399 e. The summed E-state index contributed by atoms with van der Waals surface area (Å²) in [6.07, 6.45) is -5.38. The maximum absolute atomic E-state index is 11.9. The van der Waals surface area contributed by atoms with Gasteiger partial charge in [-0.05, 0) is 28.7 Å². The van der Waals surface area contributed by atoms with Crippen LogP contribution in [0.15, 0.2) is 42.5 Å². The molecule has 0 atom stereocenters. The van der Waals surface area contributed by atoms with E-state index in [0.29, 0.717) is 0 Å². The molecule has 0 aliphatic heterocycles. The Labute approximate surface area is 109 Å². The van der Waals surface area contributed by atoms with Crippen molar-refractivity contribution in [2.24, 2.45) is 0 Å². The SMILES string of the molecule is FC(F)(F)CC#CC#Cc1cccc2ccccc12. The lowest BCUT2D eigenvalue weighted by Gasteiger charge is -1.98. The van der Waals surface area contributed by atoms with Gasteiger partial charge in [0.05, 0.1) is 0 Å². The summed E-state index contributed by atoms with van der Waals surface area (Å²) in [6.45, 7) is 0. The van der Waals surface area contributed by atoms with Crippen molar-refractivity contribution < 1.29 is 13.2 Å². The summed E-state index contributed by atoms with van der Waals surface area (Å²) in [6, 6.07) is 13.3. The Bertz CT molecular complexity index is 698. The molecule has 0 spiro atoms. The van der Waals surface area contributed by atoms with Crippen molar-refractivity contribution in [3.05, 3.63) is 48.0 Å². The fourth-order valence-corrected chi connectivity index (χ4v) is 1.62. The summed E-state index contributed by atoms with van der Waals surface area (Å²) in [7, 11) is 0. The summed E-state index contributed by atoms with van der Waals surface area (Å²) in [5.41, 5.74) is 0.763. The third-order valence-corrected chi connectivity index (χ3v) is 2.43. The molecule has 0 radical (unpaired) electrons. The molecule has 0 saturated heterocycles. The third-order valence-electron chi connectivity index (χ3n) is 2.43. The Morgan fingerprint density at radius 3 is 2.42 bits per heavy atom. The van der Waals surface area contributed by atoms with Gasteiger partial charge in [-0.1, -0.05) is 48.2 Å². The standard InChI is InChI=1S/C16H9F3/c17-16(18,19)12-5-1-2-7-13-9-6-10-14-8-3-4-11-15(13)14/h3-4,6,8-11H,12H2. The quantitative estimate of drug-likeness (QED) is 0.623. The average molecular weight is 258 g/mol. The number of hydrogen-bond acceptors (Lipinski definition) is 0. The summed E-state index contributed by atoms with van der Waals surface area (Å²) in [5.74, 6) is 9.46. The molecule has 2 aromatic carbocycles. The predicted octanol–water partition coefficient (Wildman–Crippen LogP) is 4.15. The molecule has 0 saturated carbocycles. The highest BCUT2D eigenvalue weighted by molar-refractivity contribution is 5.88. The molecule has 0 aromatic heterocycles. The van der Waals surface area contributed by atoms with Gasteiger partial charge >= 0.3 is 6.18 Å². The second-order valence-corrected chi connectivity index (χ2v) is 3.87. The van der Waals surface area contributed by atoms with Crippen LogP contribution >= 0.6 is 0 Å². The highest BCUT2D eigenvalue weighted by Crippen LogP contribution is 2.18. The maximum atomic E-state index is 11.9. The average Bonchev–Trinajstić information content (AvgIpc) is 2.37. The molecule has 3 heteroatoms. The van der Waals surface area contributed by atoms with Crippen molar-refractivity contribution in [2.75, 3.05) is 0 Å². The van der Waals surface area contributed by atoms with Gasteiger partial charge in [-0.2, -0.15) is 13.2 Å². The summed E-state index contributed by atoms with van der Waals surface area (Å²) in [5, 5.41) is 2.01. The molecule has 19 heavy (non-hydrogen) atoms. The van der Waals surface area contributed by atoms with Crippen LogP contribution in [0.25, 0.3) is 10.8 Å². The zero-order chi connectivity index (χ0) is 13.7. The second kappa shape index (κ2) is 5.50. The Morgan fingerprint density at radius 1 is 0.895 bits per heavy atom. The third kappa shape index (κ3) is 3.79. The van der Waals surface area contributed by atoms with Gasteiger partial charge in [0.15, 0.2) is 0 Å². The van der Waals surface area contributed by atoms with Crippen LogP contribution in [0.3, 0.4) is 0 Å². The van der Waals surface area contributed by atoms with E-state index < -0.39 is 12.6 Å². The normalized spacial score (nSPS) is 10.3. The van der Waals surface area contributed by atoms with Crippen LogP contribution in [0, 0.1) is 23.7 Å². The largest absolute Gasteiger partial charge is 0.399 e. The van der Waals surface area contributed by atoms with Gasteiger partial charge in [0, 0.05) is 5.56 Å². The second-order valence-electron chi connectivity index (χ2n) is 3.87. The first-order chi connectivity index (χ1) is 9.06. The van der Waals surface area contributed by atoms with E-state index in [-0.39, 0.29) is 0 Å². The number of rotatable bonds is 0. The van der Waals surface area contributed by atoms with Crippen LogP contribution in [0.1, 0.15) is 12.0 Å².